The summed E-state index contributed by atoms with van der Waals surface area (Å²) in [5.41, 5.74) is 1.12. The Balaban J connectivity index is 0.00000484. The fourth-order valence-electron chi connectivity index (χ4n) is 2.06. The number of hydrogen-bond acceptors (Lipinski definition) is 4. The van der Waals surface area contributed by atoms with Gasteiger partial charge in [0.25, 0.3) is 0 Å². The van der Waals surface area contributed by atoms with Crippen LogP contribution in [-0.2, 0) is 0 Å². The van der Waals surface area contributed by atoms with E-state index >= 15 is 0 Å². The molecule has 0 atom stereocenters. The molecule has 4 nitrogen and oxygen atoms in total. The molecule has 0 aliphatic carbocycles. The Morgan fingerprint density at radius 3 is 2.57 bits per heavy atom. The first-order valence-electron chi connectivity index (χ1n) is 7.96. The molecule has 0 bridgehead atoms. The molecule has 0 radical (unpaired) electrons. The van der Waals surface area contributed by atoms with Crippen molar-refractivity contribution in [1.29, 1.82) is 0 Å². The average Bonchev–Trinajstić information content (AvgIpc) is 2.50. The highest BCUT2D eigenvalue weighted by atomic mass is 35.5. The van der Waals surface area contributed by atoms with Gasteiger partial charge in [-0.15, -0.1) is 12.4 Å². The molecule has 1 rings (SSSR count). The van der Waals surface area contributed by atoms with Gasteiger partial charge < -0.3 is 19.7 Å². The Kier molecular flexibility index (Phi) is 12.5. The highest BCUT2D eigenvalue weighted by Gasteiger charge is 2.04. The maximum atomic E-state index is 5.82. The van der Waals surface area contributed by atoms with Gasteiger partial charge in [0.05, 0.1) is 13.7 Å². The lowest BCUT2D eigenvalue weighted by atomic mass is 10.2. The topological polar surface area (TPSA) is 33.7 Å². The summed E-state index contributed by atoms with van der Waals surface area (Å²) >= 11 is 0. The van der Waals surface area contributed by atoms with Crippen LogP contribution in [0.5, 0.6) is 11.5 Å². The van der Waals surface area contributed by atoms with Gasteiger partial charge in [-0.25, -0.2) is 0 Å². The lowest BCUT2D eigenvalue weighted by molar-refractivity contribution is 0.285. The molecular formula is C18H31ClN2O2. The number of likely N-dealkylation sites (N-methyl/N-ethyl adjacent to an activating group) is 1. The van der Waals surface area contributed by atoms with Crippen LogP contribution >= 0.6 is 12.4 Å². The van der Waals surface area contributed by atoms with E-state index in [9.17, 15) is 0 Å². The molecule has 0 saturated carbocycles. The van der Waals surface area contributed by atoms with E-state index < -0.39 is 0 Å². The quantitative estimate of drug-likeness (QED) is 0.624. The predicted octanol–water partition coefficient (Wildman–Crippen LogP) is 3.46. The minimum atomic E-state index is 0. The smallest absolute Gasteiger partial charge is 0.161 e. The number of allylic oxidation sites excluding steroid dienone is 1. The Hall–Kier alpha value is -1.23. The molecule has 0 fully saturated rings. The number of halogens is 1. The highest BCUT2D eigenvalue weighted by molar-refractivity contribution is 5.85. The summed E-state index contributed by atoms with van der Waals surface area (Å²) in [6.45, 7) is 5.87. The van der Waals surface area contributed by atoms with Crippen LogP contribution in [0.15, 0.2) is 24.3 Å². The first-order valence-corrected chi connectivity index (χ1v) is 7.96. The zero-order valence-corrected chi connectivity index (χ0v) is 15.6. The Bertz CT molecular complexity index is 451. The number of ether oxygens (including phenoxy) is 2. The van der Waals surface area contributed by atoms with Gasteiger partial charge in [-0.05, 0) is 58.1 Å². The summed E-state index contributed by atoms with van der Waals surface area (Å²) in [5, 5.41) is 3.43. The number of nitrogens with one attached hydrogen (secondary N) is 1. The van der Waals surface area contributed by atoms with Crippen LogP contribution in [0.4, 0.5) is 0 Å². The van der Waals surface area contributed by atoms with Gasteiger partial charge in [0.1, 0.15) is 0 Å². The fraction of sp³-hybridized carbons (Fsp3) is 0.556. The normalized spacial score (nSPS) is 10.8. The van der Waals surface area contributed by atoms with Crippen molar-refractivity contribution in [3.63, 3.8) is 0 Å². The SMILES string of the molecule is C/C=C/c1ccc(OCCCCNCCN(C)C)c(OC)c1.Cl. The van der Waals surface area contributed by atoms with Gasteiger partial charge in [0.15, 0.2) is 11.5 Å². The van der Waals surface area contributed by atoms with E-state index in [1.54, 1.807) is 7.11 Å². The van der Waals surface area contributed by atoms with Crippen LogP contribution in [0.1, 0.15) is 25.3 Å². The number of nitrogens with zero attached hydrogens (tertiary/aromatic N) is 1. The first kappa shape index (κ1) is 21.8. The monoisotopic (exact) mass is 342 g/mol. The molecule has 0 amide bonds. The second-order valence-electron chi connectivity index (χ2n) is 5.52. The van der Waals surface area contributed by atoms with Crippen molar-refractivity contribution in [2.75, 3.05) is 47.4 Å². The summed E-state index contributed by atoms with van der Waals surface area (Å²) < 4.78 is 11.2. The first-order chi connectivity index (χ1) is 10.7. The highest BCUT2D eigenvalue weighted by Crippen LogP contribution is 2.28. The van der Waals surface area contributed by atoms with Gasteiger partial charge in [0, 0.05) is 13.1 Å². The van der Waals surface area contributed by atoms with E-state index in [4.69, 9.17) is 9.47 Å². The molecule has 5 heteroatoms. The molecule has 0 aliphatic rings. The van der Waals surface area contributed by atoms with Crippen molar-refractivity contribution in [2.45, 2.75) is 19.8 Å². The number of rotatable bonds is 11. The molecule has 23 heavy (non-hydrogen) atoms. The van der Waals surface area contributed by atoms with Crippen LogP contribution in [0.2, 0.25) is 0 Å². The molecule has 0 saturated heterocycles. The minimum Gasteiger partial charge on any atom is -0.493 e. The van der Waals surface area contributed by atoms with E-state index in [-0.39, 0.29) is 12.4 Å². The van der Waals surface area contributed by atoms with Crippen LogP contribution in [0.3, 0.4) is 0 Å². The van der Waals surface area contributed by atoms with Crippen molar-refractivity contribution in [1.82, 2.24) is 10.2 Å². The summed E-state index contributed by atoms with van der Waals surface area (Å²) in [4.78, 5) is 2.18. The molecule has 0 aromatic heterocycles. The van der Waals surface area contributed by atoms with Crippen molar-refractivity contribution in [3.8, 4) is 11.5 Å². The number of methoxy groups -OCH3 is 1. The fourth-order valence-corrected chi connectivity index (χ4v) is 2.06. The number of unbranched alkanes of at least 4 members (excludes halogenated alkanes) is 1. The second-order valence-corrected chi connectivity index (χ2v) is 5.52. The zero-order chi connectivity index (χ0) is 16.2. The summed E-state index contributed by atoms with van der Waals surface area (Å²) in [5.74, 6) is 1.61. The molecule has 1 N–H and O–H groups in total. The number of hydrogen-bond donors (Lipinski definition) is 1. The van der Waals surface area contributed by atoms with E-state index in [0.717, 1.165) is 49.5 Å². The third-order valence-corrected chi connectivity index (χ3v) is 3.29. The van der Waals surface area contributed by atoms with E-state index in [2.05, 4.69) is 24.3 Å². The third kappa shape index (κ3) is 9.49. The van der Waals surface area contributed by atoms with Crippen LogP contribution in [-0.4, -0.2) is 52.3 Å². The maximum absolute atomic E-state index is 5.82. The van der Waals surface area contributed by atoms with Crippen LogP contribution in [0, 0.1) is 0 Å². The lowest BCUT2D eigenvalue weighted by Gasteiger charge is -2.12. The van der Waals surface area contributed by atoms with E-state index in [0.29, 0.717) is 6.61 Å². The summed E-state index contributed by atoms with van der Waals surface area (Å²) in [6, 6.07) is 6.02. The van der Waals surface area contributed by atoms with Gasteiger partial charge in [0.2, 0.25) is 0 Å². The number of benzene rings is 1. The van der Waals surface area contributed by atoms with Crippen LogP contribution < -0.4 is 14.8 Å². The van der Waals surface area contributed by atoms with E-state index in [1.807, 2.05) is 37.3 Å². The Morgan fingerprint density at radius 2 is 1.91 bits per heavy atom. The van der Waals surface area contributed by atoms with Gasteiger partial charge >= 0.3 is 0 Å². The Morgan fingerprint density at radius 1 is 1.13 bits per heavy atom. The van der Waals surface area contributed by atoms with Crippen molar-refractivity contribution in [2.24, 2.45) is 0 Å². The largest absolute Gasteiger partial charge is 0.493 e. The van der Waals surface area contributed by atoms with Crippen molar-refractivity contribution >= 4 is 18.5 Å². The molecular weight excluding hydrogens is 312 g/mol. The molecule has 0 heterocycles. The predicted molar refractivity (Wildman–Crippen MR) is 101 cm³/mol. The lowest BCUT2D eigenvalue weighted by Crippen LogP contribution is -2.27. The Labute approximate surface area is 147 Å². The van der Waals surface area contributed by atoms with Gasteiger partial charge in [-0.3, -0.25) is 0 Å². The summed E-state index contributed by atoms with van der Waals surface area (Å²) in [6.07, 6.45) is 6.21. The molecule has 0 unspecified atom stereocenters. The molecule has 0 spiro atoms. The maximum Gasteiger partial charge on any atom is 0.161 e. The van der Waals surface area contributed by atoms with E-state index in [1.165, 1.54) is 0 Å². The second kappa shape index (κ2) is 13.2. The molecule has 132 valence electrons. The van der Waals surface area contributed by atoms with Gasteiger partial charge in [-0.1, -0.05) is 18.2 Å². The minimum absolute atomic E-state index is 0. The standard InChI is InChI=1S/C18H30N2O2.ClH/c1-5-8-16-9-10-17(18(15-16)21-4)22-14-7-6-11-19-12-13-20(2)3;/h5,8-10,15,19H,6-7,11-14H2,1-4H3;1H/b8-5+;. The molecule has 1 aromatic carbocycles. The molecule has 1 aromatic rings. The third-order valence-electron chi connectivity index (χ3n) is 3.29. The summed E-state index contributed by atoms with van der Waals surface area (Å²) in [7, 11) is 5.85. The molecule has 0 aliphatic heterocycles. The van der Waals surface area contributed by atoms with Crippen molar-refractivity contribution < 1.29 is 9.47 Å². The average molecular weight is 343 g/mol. The van der Waals surface area contributed by atoms with Crippen molar-refractivity contribution in [3.05, 3.63) is 29.8 Å². The van der Waals surface area contributed by atoms with Gasteiger partial charge in [-0.2, -0.15) is 0 Å². The van der Waals surface area contributed by atoms with Crippen LogP contribution in [0.25, 0.3) is 6.08 Å². The zero-order valence-electron chi connectivity index (χ0n) is 14.8.